The Morgan fingerprint density at radius 1 is 1.10 bits per heavy atom. The monoisotopic (exact) mass is 465 g/mol. The van der Waals surface area contributed by atoms with E-state index in [9.17, 15) is 13.2 Å². The number of benzene rings is 2. The second kappa shape index (κ2) is 9.46. The van der Waals surface area contributed by atoms with Gasteiger partial charge in [0.2, 0.25) is 5.91 Å². The van der Waals surface area contributed by atoms with Gasteiger partial charge in [0.1, 0.15) is 17.2 Å². The number of hydrogen-bond donors (Lipinski definition) is 0. The zero-order valence-corrected chi connectivity index (χ0v) is 19.8. The molecular formula is C22H28ClN3O4S. The van der Waals surface area contributed by atoms with Crippen molar-refractivity contribution < 1.29 is 17.9 Å². The van der Waals surface area contributed by atoms with Crippen LogP contribution in [0.15, 0.2) is 41.3 Å². The number of amides is 1. The first kappa shape index (κ1) is 23.4. The van der Waals surface area contributed by atoms with Gasteiger partial charge >= 0.3 is 0 Å². The van der Waals surface area contributed by atoms with Gasteiger partial charge in [0.15, 0.2) is 0 Å². The lowest BCUT2D eigenvalue weighted by Gasteiger charge is -2.34. The maximum Gasteiger partial charge on any atom is 0.268 e. The summed E-state index contributed by atoms with van der Waals surface area (Å²) in [5.41, 5.74) is 1.93. The molecule has 168 valence electrons. The molecule has 1 fully saturated rings. The summed E-state index contributed by atoms with van der Waals surface area (Å²) in [6.07, 6.45) is 0. The topological polar surface area (TPSA) is 70.2 Å². The van der Waals surface area contributed by atoms with Gasteiger partial charge in [0.25, 0.3) is 10.0 Å². The molecule has 1 heterocycles. The molecule has 0 bridgehead atoms. The molecule has 0 aliphatic carbocycles. The number of carbonyl (C=O) groups is 1. The predicted octanol–water partition coefficient (Wildman–Crippen LogP) is 2.93. The van der Waals surface area contributed by atoms with Crippen LogP contribution >= 0.6 is 11.6 Å². The first-order chi connectivity index (χ1) is 14.6. The molecule has 1 aliphatic rings. The van der Waals surface area contributed by atoms with E-state index in [1.165, 1.54) is 7.11 Å². The quantitative estimate of drug-likeness (QED) is 0.656. The molecule has 2 aromatic rings. The summed E-state index contributed by atoms with van der Waals surface area (Å²) in [7, 11) is -0.682. The molecule has 0 radical (unpaired) electrons. The second-order valence-electron chi connectivity index (χ2n) is 7.78. The Labute approximate surface area is 189 Å². The van der Waals surface area contributed by atoms with Crippen molar-refractivity contribution in [1.29, 1.82) is 0 Å². The number of hydrogen-bond acceptors (Lipinski definition) is 5. The molecule has 0 unspecified atom stereocenters. The average Bonchev–Trinajstić information content (AvgIpc) is 2.74. The standard InChI is InChI=1S/C22H28ClN3O4S/c1-16-5-8-20(30-4)21(13-16)31(28,29)26(18-7-6-17(2)19(23)14-18)15-22(27)25-11-9-24(3)10-12-25/h5-8,13-14H,9-12,15H2,1-4H3. The summed E-state index contributed by atoms with van der Waals surface area (Å²) in [6.45, 7) is 5.95. The number of nitrogens with zero attached hydrogens (tertiary/aromatic N) is 3. The van der Waals surface area contributed by atoms with E-state index in [0.29, 0.717) is 23.8 Å². The molecule has 0 N–H and O–H groups in total. The minimum absolute atomic E-state index is 0.0119. The number of anilines is 1. The minimum atomic E-state index is -4.10. The summed E-state index contributed by atoms with van der Waals surface area (Å²) >= 11 is 6.29. The maximum atomic E-state index is 13.8. The highest BCUT2D eigenvalue weighted by atomic mass is 35.5. The van der Waals surface area contributed by atoms with Gasteiger partial charge in [-0.1, -0.05) is 23.7 Å². The maximum absolute atomic E-state index is 13.8. The first-order valence-electron chi connectivity index (χ1n) is 10.0. The van der Waals surface area contributed by atoms with Crippen molar-refractivity contribution in [3.05, 3.63) is 52.5 Å². The van der Waals surface area contributed by atoms with E-state index in [0.717, 1.165) is 28.5 Å². The molecule has 31 heavy (non-hydrogen) atoms. The molecule has 7 nitrogen and oxygen atoms in total. The van der Waals surface area contributed by atoms with Gasteiger partial charge in [-0.3, -0.25) is 9.10 Å². The number of ether oxygens (including phenoxy) is 1. The van der Waals surface area contributed by atoms with Gasteiger partial charge < -0.3 is 14.5 Å². The molecule has 0 atom stereocenters. The van der Waals surface area contributed by atoms with E-state index < -0.39 is 10.0 Å². The number of rotatable bonds is 6. The highest BCUT2D eigenvalue weighted by Gasteiger charge is 2.32. The summed E-state index contributed by atoms with van der Waals surface area (Å²) < 4.78 is 33.9. The van der Waals surface area contributed by atoms with Gasteiger partial charge in [-0.15, -0.1) is 0 Å². The van der Waals surface area contributed by atoms with Gasteiger partial charge in [0.05, 0.1) is 12.8 Å². The number of halogens is 1. The van der Waals surface area contributed by atoms with Crippen LogP contribution in [0.1, 0.15) is 11.1 Å². The van der Waals surface area contributed by atoms with E-state index in [1.54, 1.807) is 48.2 Å². The highest BCUT2D eigenvalue weighted by molar-refractivity contribution is 7.93. The Morgan fingerprint density at radius 2 is 1.77 bits per heavy atom. The van der Waals surface area contributed by atoms with Gasteiger partial charge in [-0.05, 0) is 56.3 Å². The lowest BCUT2D eigenvalue weighted by atomic mass is 10.2. The minimum Gasteiger partial charge on any atom is -0.495 e. The number of methoxy groups -OCH3 is 1. The van der Waals surface area contributed by atoms with Crippen molar-refractivity contribution >= 4 is 33.2 Å². The lowest BCUT2D eigenvalue weighted by Crippen LogP contribution is -2.50. The van der Waals surface area contributed by atoms with E-state index in [1.807, 2.05) is 14.0 Å². The Bertz CT molecular complexity index is 1070. The second-order valence-corrected chi connectivity index (χ2v) is 10.0. The van der Waals surface area contributed by atoms with Gasteiger partial charge in [-0.2, -0.15) is 0 Å². The van der Waals surface area contributed by atoms with Crippen molar-refractivity contribution in [2.75, 3.05) is 51.2 Å². The fourth-order valence-electron chi connectivity index (χ4n) is 3.43. The van der Waals surface area contributed by atoms with E-state index >= 15 is 0 Å². The first-order valence-corrected chi connectivity index (χ1v) is 11.8. The fraction of sp³-hybridized carbons (Fsp3) is 0.409. The molecule has 0 saturated carbocycles. The van der Waals surface area contributed by atoms with Crippen LogP contribution in [-0.4, -0.2) is 71.0 Å². The zero-order valence-electron chi connectivity index (χ0n) is 18.3. The molecule has 1 aliphatic heterocycles. The van der Waals surface area contributed by atoms with Crippen LogP contribution in [-0.2, 0) is 14.8 Å². The Hall–Kier alpha value is -2.29. The molecule has 1 amide bonds. The molecule has 2 aromatic carbocycles. The van der Waals surface area contributed by atoms with Crippen LogP contribution in [0.4, 0.5) is 5.69 Å². The van der Waals surface area contributed by atoms with Crippen molar-refractivity contribution in [3.63, 3.8) is 0 Å². The Balaban J connectivity index is 2.04. The lowest BCUT2D eigenvalue weighted by molar-refractivity contribution is -0.131. The van der Waals surface area contributed by atoms with Crippen molar-refractivity contribution in [1.82, 2.24) is 9.80 Å². The Kier molecular flexibility index (Phi) is 7.13. The molecule has 3 rings (SSSR count). The summed E-state index contributed by atoms with van der Waals surface area (Å²) in [5.74, 6) is -0.0270. The number of aryl methyl sites for hydroxylation is 2. The average molecular weight is 466 g/mol. The normalized spacial score (nSPS) is 15.1. The smallest absolute Gasteiger partial charge is 0.268 e. The van der Waals surface area contributed by atoms with Crippen LogP contribution in [0.2, 0.25) is 5.02 Å². The van der Waals surface area contributed by atoms with E-state index in [2.05, 4.69) is 4.90 Å². The number of carbonyl (C=O) groups excluding carboxylic acids is 1. The third-order valence-electron chi connectivity index (χ3n) is 5.47. The fourth-order valence-corrected chi connectivity index (χ4v) is 5.26. The van der Waals surface area contributed by atoms with Crippen molar-refractivity contribution in [2.24, 2.45) is 0 Å². The van der Waals surface area contributed by atoms with Crippen LogP contribution in [0.5, 0.6) is 5.75 Å². The van der Waals surface area contributed by atoms with Crippen LogP contribution in [0, 0.1) is 13.8 Å². The molecular weight excluding hydrogens is 438 g/mol. The molecule has 0 aromatic heterocycles. The van der Waals surface area contributed by atoms with Crippen LogP contribution < -0.4 is 9.04 Å². The van der Waals surface area contributed by atoms with E-state index in [-0.39, 0.29) is 23.1 Å². The molecule has 1 saturated heterocycles. The largest absolute Gasteiger partial charge is 0.495 e. The third kappa shape index (κ3) is 5.14. The van der Waals surface area contributed by atoms with E-state index in [4.69, 9.17) is 16.3 Å². The van der Waals surface area contributed by atoms with Crippen molar-refractivity contribution in [2.45, 2.75) is 18.7 Å². The molecule has 0 spiro atoms. The van der Waals surface area contributed by atoms with Crippen molar-refractivity contribution in [3.8, 4) is 5.75 Å². The highest BCUT2D eigenvalue weighted by Crippen LogP contribution is 2.32. The zero-order chi connectivity index (χ0) is 22.8. The number of sulfonamides is 1. The Morgan fingerprint density at radius 3 is 2.39 bits per heavy atom. The third-order valence-corrected chi connectivity index (χ3v) is 7.67. The van der Waals surface area contributed by atoms with Gasteiger partial charge in [-0.25, -0.2) is 8.42 Å². The SMILES string of the molecule is COc1ccc(C)cc1S(=O)(=O)N(CC(=O)N1CCN(C)CC1)c1ccc(C)c(Cl)c1. The molecule has 9 heteroatoms. The van der Waals surface area contributed by atoms with Crippen LogP contribution in [0.3, 0.4) is 0 Å². The summed E-state index contributed by atoms with van der Waals surface area (Å²) in [6, 6.07) is 9.93. The predicted molar refractivity (Wildman–Crippen MR) is 123 cm³/mol. The number of piperazine rings is 1. The van der Waals surface area contributed by atoms with Crippen LogP contribution in [0.25, 0.3) is 0 Å². The summed E-state index contributed by atoms with van der Waals surface area (Å²) in [4.78, 5) is 16.9. The van der Waals surface area contributed by atoms with Gasteiger partial charge in [0, 0.05) is 31.2 Å². The number of likely N-dealkylation sites (N-methyl/N-ethyl adjacent to an activating group) is 1. The summed E-state index contributed by atoms with van der Waals surface area (Å²) in [5, 5.41) is 0.431.